The van der Waals surface area contributed by atoms with Crippen LogP contribution in [0.3, 0.4) is 0 Å². The highest BCUT2D eigenvalue weighted by atomic mass is 16.4. The molecule has 0 aromatic carbocycles. The average molecular weight is 264 g/mol. The molecule has 0 amide bonds. The molecule has 114 valence electrons. The molecular weight excluding hydrogens is 228 g/mol. The van der Waals surface area contributed by atoms with Crippen molar-refractivity contribution in [2.24, 2.45) is 0 Å². The lowest BCUT2D eigenvalue weighted by molar-refractivity contribution is -0.139. The third-order valence-corrected chi connectivity index (χ3v) is 1.82. The van der Waals surface area contributed by atoms with Crippen LogP contribution in [-0.4, -0.2) is 37.8 Å². The van der Waals surface area contributed by atoms with Gasteiger partial charge in [0, 0.05) is 0 Å². The Balaban J connectivity index is -0.000000141. The van der Waals surface area contributed by atoms with E-state index in [0.717, 1.165) is 19.4 Å². The third-order valence-electron chi connectivity index (χ3n) is 1.82. The van der Waals surface area contributed by atoms with Gasteiger partial charge in [0.05, 0.1) is 0 Å². The fraction of sp³-hybridized carbons (Fsp3) is 0.929. The Kier molecular flexibility index (Phi) is 43.3. The zero-order chi connectivity index (χ0) is 15.4. The van der Waals surface area contributed by atoms with E-state index in [1.54, 1.807) is 7.05 Å². The third kappa shape index (κ3) is 24.6. The number of carboxylic acid groups (broad SMARTS) is 1. The molecular formula is C14H36N2O2. The average Bonchev–Trinajstić information content (AvgIpc) is 2.45. The van der Waals surface area contributed by atoms with Crippen LogP contribution in [0.15, 0.2) is 0 Å². The minimum absolute atomic E-state index is 0.387. The van der Waals surface area contributed by atoms with Crippen molar-refractivity contribution >= 4 is 5.97 Å². The van der Waals surface area contributed by atoms with Crippen LogP contribution in [0, 0.1) is 0 Å². The van der Waals surface area contributed by atoms with Gasteiger partial charge in [0.2, 0.25) is 0 Å². The smallest absolute Gasteiger partial charge is 0.320 e. The molecule has 0 rings (SSSR count). The van der Waals surface area contributed by atoms with E-state index in [1.165, 1.54) is 0 Å². The van der Waals surface area contributed by atoms with Gasteiger partial charge in [0.25, 0.3) is 0 Å². The molecule has 0 aromatic rings. The Bertz CT molecular complexity index is 131. The van der Waals surface area contributed by atoms with Gasteiger partial charge in [-0.15, -0.1) is 0 Å². The number of hydrogen-bond acceptors (Lipinski definition) is 3. The van der Waals surface area contributed by atoms with Gasteiger partial charge >= 0.3 is 5.97 Å². The minimum atomic E-state index is -0.762. The molecule has 0 bridgehead atoms. The summed E-state index contributed by atoms with van der Waals surface area (Å²) in [5, 5.41) is 14.4. The van der Waals surface area contributed by atoms with Crippen molar-refractivity contribution in [2.45, 2.75) is 66.8 Å². The van der Waals surface area contributed by atoms with Crippen molar-refractivity contribution in [3.8, 4) is 0 Å². The molecule has 0 aromatic heterocycles. The molecule has 0 aliphatic carbocycles. The fourth-order valence-corrected chi connectivity index (χ4v) is 1.04. The lowest BCUT2D eigenvalue weighted by Gasteiger charge is -2.09. The molecule has 0 radical (unpaired) electrons. The van der Waals surface area contributed by atoms with Gasteiger partial charge in [-0.2, -0.15) is 0 Å². The van der Waals surface area contributed by atoms with Crippen LogP contribution in [0.25, 0.3) is 0 Å². The largest absolute Gasteiger partial charge is 0.480 e. The number of nitrogens with one attached hydrogen (secondary N) is 2. The maximum atomic E-state index is 10.5. The van der Waals surface area contributed by atoms with Crippen molar-refractivity contribution in [3.63, 3.8) is 0 Å². The topological polar surface area (TPSA) is 61.4 Å². The SMILES string of the molecule is CC.CC.CC.CNCCCC[C@@H](NC)C(=O)O. The number of aliphatic carboxylic acids is 1. The van der Waals surface area contributed by atoms with Crippen molar-refractivity contribution in [3.05, 3.63) is 0 Å². The predicted molar refractivity (Wildman–Crippen MR) is 82.3 cm³/mol. The first-order valence-corrected chi connectivity index (χ1v) is 7.27. The molecule has 1 atom stereocenters. The number of likely N-dealkylation sites (N-methyl/N-ethyl adjacent to an activating group) is 1. The molecule has 3 N–H and O–H groups in total. The first-order valence-electron chi connectivity index (χ1n) is 7.27. The van der Waals surface area contributed by atoms with Gasteiger partial charge in [0.1, 0.15) is 6.04 Å². The lowest BCUT2D eigenvalue weighted by Crippen LogP contribution is -2.33. The lowest BCUT2D eigenvalue weighted by atomic mass is 10.1. The normalized spacial score (nSPS) is 9.56. The molecule has 0 fully saturated rings. The second kappa shape index (κ2) is 29.9. The second-order valence-electron chi connectivity index (χ2n) is 2.78. The summed E-state index contributed by atoms with van der Waals surface area (Å²) in [5.74, 6) is -0.762. The highest BCUT2D eigenvalue weighted by molar-refractivity contribution is 5.73. The van der Waals surface area contributed by atoms with Crippen molar-refractivity contribution < 1.29 is 9.90 Å². The van der Waals surface area contributed by atoms with E-state index in [0.29, 0.717) is 6.42 Å². The molecule has 0 aliphatic heterocycles. The minimum Gasteiger partial charge on any atom is -0.480 e. The number of unbranched alkanes of at least 4 members (excludes halogenated alkanes) is 1. The van der Waals surface area contributed by atoms with Gasteiger partial charge < -0.3 is 15.7 Å². The van der Waals surface area contributed by atoms with Crippen LogP contribution >= 0.6 is 0 Å². The standard InChI is InChI=1S/C8H18N2O2.3C2H6/c1-9-6-4-3-5-7(10-2)8(11)12;3*1-2/h7,9-10H,3-6H2,1-2H3,(H,11,12);3*1-2H3/t7-;;;/m1.../s1. The van der Waals surface area contributed by atoms with Gasteiger partial charge in [-0.1, -0.05) is 48.0 Å². The maximum absolute atomic E-state index is 10.5. The quantitative estimate of drug-likeness (QED) is 0.618. The van der Waals surface area contributed by atoms with E-state index in [-0.39, 0.29) is 6.04 Å². The van der Waals surface area contributed by atoms with Gasteiger partial charge in [-0.25, -0.2) is 0 Å². The van der Waals surface area contributed by atoms with Crippen LogP contribution in [0.1, 0.15) is 60.8 Å². The predicted octanol–water partition coefficient (Wildman–Crippen LogP) is 3.13. The number of rotatable bonds is 7. The first-order chi connectivity index (χ1) is 8.72. The Morgan fingerprint density at radius 2 is 1.44 bits per heavy atom. The van der Waals surface area contributed by atoms with E-state index < -0.39 is 5.97 Å². The molecule has 0 saturated heterocycles. The zero-order valence-electron chi connectivity index (χ0n) is 13.8. The maximum Gasteiger partial charge on any atom is 0.320 e. The van der Waals surface area contributed by atoms with Crippen LogP contribution in [-0.2, 0) is 4.79 Å². The van der Waals surface area contributed by atoms with Crippen LogP contribution < -0.4 is 10.6 Å². The van der Waals surface area contributed by atoms with E-state index in [4.69, 9.17) is 5.11 Å². The fourth-order valence-electron chi connectivity index (χ4n) is 1.04. The molecule has 4 nitrogen and oxygen atoms in total. The molecule has 0 spiro atoms. The summed E-state index contributed by atoms with van der Waals surface area (Å²) in [6.45, 7) is 13.0. The number of carbonyl (C=O) groups is 1. The molecule has 0 heterocycles. The Morgan fingerprint density at radius 1 is 1.00 bits per heavy atom. The van der Waals surface area contributed by atoms with E-state index in [9.17, 15) is 4.79 Å². The van der Waals surface area contributed by atoms with Crippen LogP contribution in [0.4, 0.5) is 0 Å². The Labute approximate surface area is 115 Å². The summed E-state index contributed by atoms with van der Waals surface area (Å²) in [5.41, 5.74) is 0. The monoisotopic (exact) mass is 264 g/mol. The van der Waals surface area contributed by atoms with Gasteiger partial charge in [-0.05, 0) is 33.5 Å². The van der Waals surface area contributed by atoms with Crippen molar-refractivity contribution in [2.75, 3.05) is 20.6 Å². The summed E-state index contributed by atoms with van der Waals surface area (Å²) < 4.78 is 0. The summed E-state index contributed by atoms with van der Waals surface area (Å²) in [6, 6.07) is -0.387. The van der Waals surface area contributed by atoms with Crippen LogP contribution in [0.5, 0.6) is 0 Å². The van der Waals surface area contributed by atoms with Gasteiger partial charge in [0.15, 0.2) is 0 Å². The van der Waals surface area contributed by atoms with Crippen LogP contribution in [0.2, 0.25) is 0 Å². The molecule has 0 unspecified atom stereocenters. The second-order valence-corrected chi connectivity index (χ2v) is 2.78. The highest BCUT2D eigenvalue weighted by Gasteiger charge is 2.12. The van der Waals surface area contributed by atoms with E-state index in [1.807, 2.05) is 48.6 Å². The van der Waals surface area contributed by atoms with E-state index in [2.05, 4.69) is 10.6 Å². The molecule has 0 aliphatic rings. The van der Waals surface area contributed by atoms with E-state index >= 15 is 0 Å². The first kappa shape index (κ1) is 26.1. The Morgan fingerprint density at radius 3 is 1.72 bits per heavy atom. The Hall–Kier alpha value is -0.610. The van der Waals surface area contributed by atoms with Gasteiger partial charge in [-0.3, -0.25) is 4.79 Å². The zero-order valence-corrected chi connectivity index (χ0v) is 13.8. The highest BCUT2D eigenvalue weighted by Crippen LogP contribution is 1.99. The summed E-state index contributed by atoms with van der Waals surface area (Å²) in [6.07, 6.45) is 2.67. The number of hydrogen-bond donors (Lipinski definition) is 3. The molecule has 18 heavy (non-hydrogen) atoms. The molecule has 0 saturated carbocycles. The molecule has 4 heteroatoms. The van der Waals surface area contributed by atoms with Crippen molar-refractivity contribution in [1.29, 1.82) is 0 Å². The van der Waals surface area contributed by atoms with Crippen molar-refractivity contribution in [1.82, 2.24) is 10.6 Å². The summed E-state index contributed by atoms with van der Waals surface area (Å²) >= 11 is 0. The summed E-state index contributed by atoms with van der Waals surface area (Å²) in [4.78, 5) is 10.5. The summed E-state index contributed by atoms with van der Waals surface area (Å²) in [7, 11) is 3.57. The number of carboxylic acids is 1.